The Labute approximate surface area is 240 Å². The van der Waals surface area contributed by atoms with Crippen molar-refractivity contribution in [1.82, 2.24) is 5.06 Å². The smallest absolute Gasteiger partial charge is 0.0737 e. The van der Waals surface area contributed by atoms with Gasteiger partial charge in [0.05, 0.1) is 12.1 Å². The Kier molecular flexibility index (Phi) is 9.13. The number of hydroxylamine groups is 2. The van der Waals surface area contributed by atoms with E-state index in [1.165, 1.54) is 43.4 Å². The number of benzene rings is 5. The summed E-state index contributed by atoms with van der Waals surface area (Å²) in [5.74, 6) is 0.486. The van der Waals surface area contributed by atoms with Gasteiger partial charge in [0.2, 0.25) is 0 Å². The van der Waals surface area contributed by atoms with Crippen LogP contribution in [-0.4, -0.2) is 16.7 Å². The molecule has 5 aromatic carbocycles. The van der Waals surface area contributed by atoms with Crippen molar-refractivity contribution in [2.75, 3.05) is 0 Å². The zero-order valence-corrected chi connectivity index (χ0v) is 25.5. The van der Waals surface area contributed by atoms with Crippen molar-refractivity contribution in [2.45, 2.75) is 73.1 Å². The molecule has 0 fully saturated rings. The molecule has 0 N–H and O–H groups in total. The molecular weight excluding hydrogens is 486 g/mol. The SMILES string of the molecule is C=c1cccc2c1c(/C=C\C)c1cccc3cccc2c31.CC(C)ON(C(c1ccccc1)C(C)C)C(C)(C)C. The van der Waals surface area contributed by atoms with E-state index in [9.17, 15) is 0 Å². The second-order valence-corrected chi connectivity index (χ2v) is 12.2. The van der Waals surface area contributed by atoms with Gasteiger partial charge >= 0.3 is 0 Å². The maximum absolute atomic E-state index is 6.13. The van der Waals surface area contributed by atoms with Crippen LogP contribution in [0.1, 0.15) is 72.6 Å². The van der Waals surface area contributed by atoms with E-state index in [0.717, 1.165) is 5.22 Å². The van der Waals surface area contributed by atoms with E-state index in [1.807, 2.05) is 0 Å². The maximum Gasteiger partial charge on any atom is 0.0737 e. The Morgan fingerprint density at radius 3 is 1.85 bits per heavy atom. The summed E-state index contributed by atoms with van der Waals surface area (Å²) in [4.78, 5) is 6.13. The summed E-state index contributed by atoms with van der Waals surface area (Å²) in [5, 5.41) is 11.1. The molecule has 0 amide bonds. The van der Waals surface area contributed by atoms with Crippen LogP contribution >= 0.6 is 0 Å². The molecule has 208 valence electrons. The molecule has 5 aromatic rings. The lowest BCUT2D eigenvalue weighted by Crippen LogP contribution is -2.46. The van der Waals surface area contributed by atoms with Crippen molar-refractivity contribution in [1.29, 1.82) is 0 Å². The first-order valence-corrected chi connectivity index (χ1v) is 14.5. The fourth-order valence-corrected chi connectivity index (χ4v) is 5.72. The zero-order chi connectivity index (χ0) is 29.0. The molecule has 0 bridgehead atoms. The number of allylic oxidation sites excluding steroid dienone is 1. The summed E-state index contributed by atoms with van der Waals surface area (Å²) in [5.41, 5.74) is 2.56. The van der Waals surface area contributed by atoms with Crippen LogP contribution in [0.3, 0.4) is 0 Å². The number of fused-ring (bicyclic) bond motifs is 2. The predicted octanol–water partition coefficient (Wildman–Crippen LogP) is 10.1. The van der Waals surface area contributed by atoms with Crippen molar-refractivity contribution < 1.29 is 4.84 Å². The number of nitrogens with zero attached hydrogens (tertiary/aromatic N) is 1. The molecule has 0 aliphatic heterocycles. The summed E-state index contributed by atoms with van der Waals surface area (Å²) >= 11 is 0. The molecule has 1 unspecified atom stereocenters. The minimum Gasteiger partial charge on any atom is -0.295 e. The van der Waals surface area contributed by atoms with Crippen LogP contribution in [0.25, 0.3) is 45.0 Å². The summed E-state index contributed by atoms with van der Waals surface area (Å²) in [6.07, 6.45) is 4.50. The van der Waals surface area contributed by atoms with Crippen LogP contribution in [0.4, 0.5) is 0 Å². The highest BCUT2D eigenvalue weighted by Gasteiger charge is 2.33. The summed E-state index contributed by atoms with van der Waals surface area (Å²) in [6.45, 7) is 21.6. The molecule has 2 nitrogen and oxygen atoms in total. The molecule has 40 heavy (non-hydrogen) atoms. The molecule has 0 radical (unpaired) electrons. The van der Waals surface area contributed by atoms with Gasteiger partial charge < -0.3 is 0 Å². The summed E-state index contributed by atoms with van der Waals surface area (Å²) in [7, 11) is 0. The van der Waals surface area contributed by atoms with E-state index in [-0.39, 0.29) is 17.7 Å². The van der Waals surface area contributed by atoms with Crippen LogP contribution in [0.2, 0.25) is 0 Å². The molecular formula is C38H45NO. The van der Waals surface area contributed by atoms with Crippen molar-refractivity contribution in [3.63, 3.8) is 0 Å². The summed E-state index contributed by atoms with van der Waals surface area (Å²) < 4.78 is 0. The normalized spacial score (nSPS) is 13.2. The molecule has 1 atom stereocenters. The second-order valence-electron chi connectivity index (χ2n) is 12.2. The third-order valence-corrected chi connectivity index (χ3v) is 7.25. The minimum absolute atomic E-state index is 0.0327. The van der Waals surface area contributed by atoms with Crippen LogP contribution in [-0.2, 0) is 4.84 Å². The lowest BCUT2D eigenvalue weighted by atomic mass is 9.90. The zero-order valence-electron chi connectivity index (χ0n) is 25.5. The van der Waals surface area contributed by atoms with Gasteiger partial charge in [0.25, 0.3) is 0 Å². The molecule has 0 spiro atoms. The first-order valence-electron chi connectivity index (χ1n) is 14.5. The lowest BCUT2D eigenvalue weighted by molar-refractivity contribution is -0.266. The van der Waals surface area contributed by atoms with Crippen LogP contribution in [0.15, 0.2) is 91.0 Å². The van der Waals surface area contributed by atoms with E-state index >= 15 is 0 Å². The number of rotatable bonds is 6. The molecule has 0 saturated carbocycles. The van der Waals surface area contributed by atoms with Crippen molar-refractivity contribution in [3.05, 3.63) is 107 Å². The summed E-state index contributed by atoms with van der Waals surface area (Å²) in [6, 6.07) is 30.4. The molecule has 2 heteroatoms. The monoisotopic (exact) mass is 531 g/mol. The molecule has 0 saturated heterocycles. The van der Waals surface area contributed by atoms with Gasteiger partial charge in [-0.15, -0.1) is 0 Å². The van der Waals surface area contributed by atoms with Crippen molar-refractivity contribution >= 4 is 45.0 Å². The first kappa shape index (κ1) is 29.5. The standard InChI is InChI=1S/C21H16.C17H29NO/c1-3-7-16-18-12-5-9-15-10-6-13-19(21(15)18)17-11-4-8-14(2)20(16)17;1-13(2)16(15-11-9-8-10-12-15)18(17(5,6)7)19-14(3)4/h3-13H,2H2,1H3;8-14,16H,1-7H3/b7-3-;. The van der Waals surface area contributed by atoms with Crippen LogP contribution in [0, 0.1) is 5.92 Å². The average molecular weight is 532 g/mol. The largest absolute Gasteiger partial charge is 0.295 e. The van der Waals surface area contributed by atoms with Crippen molar-refractivity contribution in [3.8, 4) is 0 Å². The highest BCUT2D eigenvalue weighted by Crippen LogP contribution is 2.37. The van der Waals surface area contributed by atoms with Gasteiger partial charge in [-0.3, -0.25) is 4.84 Å². The molecule has 5 rings (SSSR count). The average Bonchev–Trinajstić information content (AvgIpc) is 2.91. The van der Waals surface area contributed by atoms with Gasteiger partial charge in [-0.1, -0.05) is 118 Å². The first-order chi connectivity index (χ1) is 19.0. The molecule has 0 aliphatic carbocycles. The van der Waals surface area contributed by atoms with E-state index in [4.69, 9.17) is 4.84 Å². The van der Waals surface area contributed by atoms with Crippen LogP contribution < -0.4 is 5.22 Å². The second kappa shape index (κ2) is 12.4. The maximum atomic E-state index is 6.13. The van der Waals surface area contributed by atoms with E-state index in [1.54, 1.807) is 0 Å². The van der Waals surface area contributed by atoms with E-state index in [0.29, 0.717) is 5.92 Å². The van der Waals surface area contributed by atoms with Crippen LogP contribution in [0.5, 0.6) is 0 Å². The molecule has 0 heterocycles. The highest BCUT2D eigenvalue weighted by atomic mass is 16.7. The number of hydrogen-bond acceptors (Lipinski definition) is 2. The van der Waals surface area contributed by atoms with Gasteiger partial charge in [0.1, 0.15) is 0 Å². The number of hydrogen-bond donors (Lipinski definition) is 0. The fraction of sp³-hybridized carbons (Fsp3) is 0.316. The third kappa shape index (κ3) is 6.14. The Morgan fingerprint density at radius 1 is 0.725 bits per heavy atom. The molecule has 0 aromatic heterocycles. The highest BCUT2D eigenvalue weighted by molar-refractivity contribution is 6.24. The van der Waals surface area contributed by atoms with Gasteiger partial charge in [0, 0.05) is 5.54 Å². The van der Waals surface area contributed by atoms with Gasteiger partial charge in [0.15, 0.2) is 0 Å². The van der Waals surface area contributed by atoms with E-state index < -0.39 is 0 Å². The Bertz CT molecular complexity index is 1630. The van der Waals surface area contributed by atoms with Gasteiger partial charge in [-0.2, -0.15) is 5.06 Å². The lowest BCUT2D eigenvalue weighted by Gasteiger charge is -2.43. The molecule has 0 aliphatic rings. The van der Waals surface area contributed by atoms with E-state index in [2.05, 4.69) is 164 Å². The third-order valence-electron chi connectivity index (χ3n) is 7.25. The Balaban J connectivity index is 0.000000186. The quantitative estimate of drug-likeness (QED) is 0.123. The topological polar surface area (TPSA) is 12.5 Å². The Hall–Kier alpha value is -3.46. The minimum atomic E-state index is -0.0327. The Morgan fingerprint density at radius 2 is 1.30 bits per heavy atom. The van der Waals surface area contributed by atoms with Crippen molar-refractivity contribution in [2.24, 2.45) is 5.92 Å². The van der Waals surface area contributed by atoms with Gasteiger partial charge in [-0.05, 0) is 96.1 Å². The fourth-order valence-electron chi connectivity index (χ4n) is 5.72. The van der Waals surface area contributed by atoms with Gasteiger partial charge in [-0.25, -0.2) is 0 Å². The predicted molar refractivity (Wildman–Crippen MR) is 176 cm³/mol.